The van der Waals surface area contributed by atoms with Crippen LogP contribution in [0.5, 0.6) is 5.75 Å². The van der Waals surface area contributed by atoms with Crippen molar-refractivity contribution >= 4 is 34.5 Å². The summed E-state index contributed by atoms with van der Waals surface area (Å²) in [7, 11) is 1.62. The summed E-state index contributed by atoms with van der Waals surface area (Å²) in [6.07, 6.45) is 0. The Morgan fingerprint density at radius 1 is 1.06 bits per heavy atom. The molecule has 7 heteroatoms. The van der Waals surface area contributed by atoms with Gasteiger partial charge in [0.2, 0.25) is 0 Å². The molecule has 3 aromatic carbocycles. The highest BCUT2D eigenvalue weighted by molar-refractivity contribution is 8.00. The molecule has 170 valence electrons. The minimum absolute atomic E-state index is 0.127. The van der Waals surface area contributed by atoms with Crippen molar-refractivity contribution in [3.8, 4) is 17.0 Å². The highest BCUT2D eigenvalue weighted by atomic mass is 32.2. The maximum atomic E-state index is 13.5. The number of methoxy groups -OCH3 is 1. The van der Waals surface area contributed by atoms with E-state index in [9.17, 15) is 9.59 Å². The molecule has 2 amide bonds. The van der Waals surface area contributed by atoms with Crippen LogP contribution in [0.25, 0.3) is 22.2 Å². The Kier molecular flexibility index (Phi) is 5.94. The molecule has 1 fully saturated rings. The van der Waals surface area contributed by atoms with Crippen LogP contribution < -0.4 is 10.2 Å². The van der Waals surface area contributed by atoms with Crippen molar-refractivity contribution in [3.63, 3.8) is 0 Å². The minimum Gasteiger partial charge on any atom is -0.497 e. The molecule has 2 heterocycles. The summed E-state index contributed by atoms with van der Waals surface area (Å²) >= 11 is 1.50. The Morgan fingerprint density at radius 2 is 1.79 bits per heavy atom. The van der Waals surface area contributed by atoms with E-state index in [0.29, 0.717) is 22.5 Å². The number of nitrogens with one attached hydrogen (secondary N) is 1. The predicted molar refractivity (Wildman–Crippen MR) is 134 cm³/mol. The molecule has 0 aliphatic carbocycles. The fraction of sp³-hybridized carbons (Fsp3) is 0.148. The molecular weight excluding hydrogens is 446 g/mol. The van der Waals surface area contributed by atoms with E-state index in [0.717, 1.165) is 27.8 Å². The second-order valence-corrected chi connectivity index (χ2v) is 9.15. The first-order valence-electron chi connectivity index (χ1n) is 10.9. The van der Waals surface area contributed by atoms with Crippen LogP contribution in [0.4, 0.5) is 0 Å². The molecule has 6 nitrogen and oxygen atoms in total. The topological polar surface area (TPSA) is 71.5 Å². The Hall–Kier alpha value is -3.84. The molecule has 1 aliphatic heterocycles. The first-order chi connectivity index (χ1) is 16.5. The Bertz CT molecular complexity index is 1370. The molecule has 0 saturated carbocycles. The summed E-state index contributed by atoms with van der Waals surface area (Å²) in [5.41, 5.74) is 7.69. The lowest BCUT2D eigenvalue weighted by Gasteiger charge is -2.25. The first kappa shape index (κ1) is 22.0. The summed E-state index contributed by atoms with van der Waals surface area (Å²) in [5.74, 6) is 0.584. The fourth-order valence-electron chi connectivity index (χ4n) is 3.96. The lowest BCUT2D eigenvalue weighted by Crippen LogP contribution is -2.44. The second kappa shape index (κ2) is 9.19. The molecule has 0 bridgehead atoms. The van der Waals surface area contributed by atoms with Gasteiger partial charge in [-0.15, -0.1) is 11.8 Å². The van der Waals surface area contributed by atoms with E-state index >= 15 is 0 Å². The lowest BCUT2D eigenvalue weighted by molar-refractivity contribution is -0.130. The van der Waals surface area contributed by atoms with Gasteiger partial charge in [-0.25, -0.2) is 9.99 Å². The lowest BCUT2D eigenvalue weighted by atomic mass is 10.0. The van der Waals surface area contributed by atoms with Gasteiger partial charge in [0, 0.05) is 10.9 Å². The van der Waals surface area contributed by atoms with E-state index in [1.54, 1.807) is 13.2 Å². The number of carbonyl (C=O) groups excluding carboxylic acids is 2. The third-order valence-corrected chi connectivity index (χ3v) is 7.01. The Morgan fingerprint density at radius 3 is 2.53 bits per heavy atom. The van der Waals surface area contributed by atoms with Crippen molar-refractivity contribution in [1.29, 1.82) is 0 Å². The van der Waals surface area contributed by atoms with Gasteiger partial charge in [-0.2, -0.15) is 0 Å². The van der Waals surface area contributed by atoms with Gasteiger partial charge in [0.15, 0.2) is 0 Å². The molecule has 1 saturated heterocycles. The number of carbonyl (C=O) groups is 2. The average molecular weight is 470 g/mol. The zero-order valence-corrected chi connectivity index (χ0v) is 19.6. The number of para-hydroxylation sites is 1. The number of aryl methyl sites for hydroxylation is 1. The second-order valence-electron chi connectivity index (χ2n) is 8.08. The van der Waals surface area contributed by atoms with Gasteiger partial charge < -0.3 is 4.74 Å². The average Bonchev–Trinajstić information content (AvgIpc) is 3.23. The quantitative estimate of drug-likeness (QED) is 0.438. The minimum atomic E-state index is -0.346. The van der Waals surface area contributed by atoms with Gasteiger partial charge in [0.05, 0.1) is 29.6 Å². The van der Waals surface area contributed by atoms with E-state index < -0.39 is 0 Å². The molecule has 5 rings (SSSR count). The number of thioether (sulfide) groups is 1. The number of nitrogens with zero attached hydrogens (tertiary/aromatic N) is 2. The van der Waals surface area contributed by atoms with E-state index in [1.807, 2.05) is 79.7 Å². The van der Waals surface area contributed by atoms with E-state index in [2.05, 4.69) is 5.43 Å². The summed E-state index contributed by atoms with van der Waals surface area (Å²) in [6, 6.07) is 24.8. The number of aromatic nitrogens is 1. The summed E-state index contributed by atoms with van der Waals surface area (Å²) in [5, 5.41) is 1.90. The van der Waals surface area contributed by atoms with Gasteiger partial charge in [-0.3, -0.25) is 15.0 Å². The third kappa shape index (κ3) is 4.22. The van der Waals surface area contributed by atoms with Gasteiger partial charge in [-0.1, -0.05) is 48.0 Å². The number of hydrogen-bond donors (Lipinski definition) is 1. The number of ether oxygens (including phenoxy) is 1. The normalized spacial score (nSPS) is 15.5. The molecule has 1 unspecified atom stereocenters. The van der Waals surface area contributed by atoms with Crippen LogP contribution in [-0.4, -0.2) is 34.7 Å². The van der Waals surface area contributed by atoms with E-state index in [1.165, 1.54) is 16.8 Å². The number of hydrogen-bond acceptors (Lipinski definition) is 5. The van der Waals surface area contributed by atoms with Crippen molar-refractivity contribution < 1.29 is 14.3 Å². The van der Waals surface area contributed by atoms with Crippen LogP contribution >= 0.6 is 11.8 Å². The SMILES string of the molecule is COc1ccc(-c2cc(C(=O)NN3C(=O)CSC3c3ccc(C)cc3)c3ccccc3n2)cc1. The van der Waals surface area contributed by atoms with Crippen LogP contribution in [0, 0.1) is 6.92 Å². The third-order valence-electron chi connectivity index (χ3n) is 5.80. The zero-order chi connectivity index (χ0) is 23.7. The fourth-order valence-corrected chi connectivity index (χ4v) is 5.07. The van der Waals surface area contributed by atoms with Crippen molar-refractivity contribution in [1.82, 2.24) is 15.4 Å². The van der Waals surface area contributed by atoms with Gasteiger partial charge >= 0.3 is 0 Å². The maximum absolute atomic E-state index is 13.5. The number of fused-ring (bicyclic) bond motifs is 1. The van der Waals surface area contributed by atoms with Crippen LogP contribution in [0.3, 0.4) is 0 Å². The Balaban J connectivity index is 1.50. The van der Waals surface area contributed by atoms with E-state index in [-0.39, 0.29) is 17.2 Å². The molecule has 1 aliphatic rings. The maximum Gasteiger partial charge on any atom is 0.270 e. The van der Waals surface area contributed by atoms with Crippen molar-refractivity contribution in [2.45, 2.75) is 12.3 Å². The van der Waals surface area contributed by atoms with Gasteiger partial charge in [0.25, 0.3) is 11.8 Å². The van der Waals surface area contributed by atoms with Gasteiger partial charge in [-0.05, 0) is 48.9 Å². The highest BCUT2D eigenvalue weighted by Crippen LogP contribution is 2.37. The Labute approximate surface area is 201 Å². The van der Waals surface area contributed by atoms with Crippen molar-refractivity contribution in [2.75, 3.05) is 12.9 Å². The number of benzene rings is 3. The molecule has 34 heavy (non-hydrogen) atoms. The summed E-state index contributed by atoms with van der Waals surface area (Å²) < 4.78 is 5.25. The zero-order valence-electron chi connectivity index (χ0n) is 18.8. The van der Waals surface area contributed by atoms with Crippen LogP contribution in [0.15, 0.2) is 78.9 Å². The molecule has 1 N–H and O–H groups in total. The first-order valence-corrected chi connectivity index (χ1v) is 11.9. The molecule has 0 radical (unpaired) electrons. The molecule has 4 aromatic rings. The van der Waals surface area contributed by atoms with Gasteiger partial charge in [0.1, 0.15) is 11.1 Å². The van der Waals surface area contributed by atoms with Crippen molar-refractivity contribution in [2.24, 2.45) is 0 Å². The van der Waals surface area contributed by atoms with Crippen molar-refractivity contribution in [3.05, 3.63) is 95.6 Å². The highest BCUT2D eigenvalue weighted by Gasteiger charge is 2.34. The molecular formula is C27H23N3O3S. The molecule has 0 spiro atoms. The van der Waals surface area contributed by atoms with E-state index in [4.69, 9.17) is 9.72 Å². The molecule has 1 aromatic heterocycles. The number of amides is 2. The number of pyridine rings is 1. The smallest absolute Gasteiger partial charge is 0.270 e. The summed E-state index contributed by atoms with van der Waals surface area (Å²) in [4.78, 5) is 30.9. The van der Waals surface area contributed by atoms with Crippen LogP contribution in [0.1, 0.15) is 26.9 Å². The monoisotopic (exact) mass is 469 g/mol. The standard InChI is InChI=1S/C27H23N3O3S/c1-17-7-9-19(10-8-17)27-30(25(31)16-34-27)29-26(32)22-15-24(18-11-13-20(33-2)14-12-18)28-23-6-4-3-5-21(22)23/h3-15,27H,16H2,1-2H3,(H,29,32). The summed E-state index contributed by atoms with van der Waals surface area (Å²) in [6.45, 7) is 2.02. The number of rotatable bonds is 5. The molecule has 1 atom stereocenters. The predicted octanol–water partition coefficient (Wildman–Crippen LogP) is 5.14. The van der Waals surface area contributed by atoms with Crippen LogP contribution in [0.2, 0.25) is 0 Å². The van der Waals surface area contributed by atoms with Crippen LogP contribution in [-0.2, 0) is 4.79 Å². The number of hydrazine groups is 1. The largest absolute Gasteiger partial charge is 0.497 e.